The maximum absolute atomic E-state index is 12.5. The second-order valence-corrected chi connectivity index (χ2v) is 6.36. The van der Waals surface area contributed by atoms with E-state index in [1.807, 2.05) is 29.2 Å². The van der Waals surface area contributed by atoms with Crippen molar-refractivity contribution in [3.05, 3.63) is 59.9 Å². The number of hydrogen-bond acceptors (Lipinski definition) is 3. The average molecular weight is 324 g/mol. The van der Waals surface area contributed by atoms with E-state index in [4.69, 9.17) is 4.74 Å². The first kappa shape index (κ1) is 16.5. The van der Waals surface area contributed by atoms with Crippen molar-refractivity contribution in [1.82, 2.24) is 9.88 Å². The molecule has 0 radical (unpaired) electrons. The summed E-state index contributed by atoms with van der Waals surface area (Å²) in [6, 6.07) is 13.8. The molecule has 4 heteroatoms. The van der Waals surface area contributed by atoms with Crippen molar-refractivity contribution in [2.45, 2.75) is 25.7 Å². The summed E-state index contributed by atoms with van der Waals surface area (Å²) in [4.78, 5) is 18.7. The van der Waals surface area contributed by atoms with E-state index in [2.05, 4.69) is 17.1 Å². The van der Waals surface area contributed by atoms with Gasteiger partial charge in [-0.2, -0.15) is 0 Å². The van der Waals surface area contributed by atoms with Crippen molar-refractivity contribution in [3.8, 4) is 5.75 Å². The third-order valence-electron chi connectivity index (χ3n) is 4.69. The summed E-state index contributed by atoms with van der Waals surface area (Å²) in [5.41, 5.74) is 1.87. The van der Waals surface area contributed by atoms with Gasteiger partial charge in [-0.25, -0.2) is 0 Å². The Kier molecular flexibility index (Phi) is 5.47. The molecule has 3 rings (SSSR count). The molecule has 1 aromatic heterocycles. The lowest BCUT2D eigenvalue weighted by atomic mass is 9.91. The van der Waals surface area contributed by atoms with Gasteiger partial charge in [0.25, 0.3) is 5.91 Å². The lowest BCUT2D eigenvalue weighted by Crippen LogP contribution is -2.40. The van der Waals surface area contributed by atoms with E-state index < -0.39 is 0 Å². The Morgan fingerprint density at radius 1 is 1.25 bits per heavy atom. The van der Waals surface area contributed by atoms with Gasteiger partial charge in [0.1, 0.15) is 11.4 Å². The van der Waals surface area contributed by atoms with Crippen molar-refractivity contribution in [2.24, 2.45) is 5.92 Å². The fourth-order valence-electron chi connectivity index (χ4n) is 3.30. The maximum atomic E-state index is 12.5. The minimum atomic E-state index is 0.0600. The number of amides is 1. The Morgan fingerprint density at radius 3 is 2.79 bits per heavy atom. The van der Waals surface area contributed by atoms with Crippen LogP contribution < -0.4 is 4.74 Å². The summed E-state index contributed by atoms with van der Waals surface area (Å²) in [6.45, 7) is 1.68. The fraction of sp³-hybridized carbons (Fsp3) is 0.400. The molecule has 4 nitrogen and oxygen atoms in total. The van der Waals surface area contributed by atoms with Crippen LogP contribution in [-0.4, -0.2) is 36.0 Å². The van der Waals surface area contributed by atoms with Crippen LogP contribution in [0, 0.1) is 5.92 Å². The SMILES string of the molecule is COc1ccc(CC[C@@H]2CCCN(C(=O)c3ccccn3)C2)cc1. The monoisotopic (exact) mass is 324 g/mol. The van der Waals surface area contributed by atoms with Crippen LogP contribution in [0.15, 0.2) is 48.7 Å². The number of benzene rings is 1. The molecular weight excluding hydrogens is 300 g/mol. The molecule has 126 valence electrons. The minimum absolute atomic E-state index is 0.0600. The number of ether oxygens (including phenoxy) is 1. The average Bonchev–Trinajstić information content (AvgIpc) is 2.67. The van der Waals surface area contributed by atoms with Gasteiger partial charge < -0.3 is 9.64 Å². The van der Waals surface area contributed by atoms with Crippen LogP contribution in [0.2, 0.25) is 0 Å². The minimum Gasteiger partial charge on any atom is -0.497 e. The molecule has 0 N–H and O–H groups in total. The zero-order valence-electron chi connectivity index (χ0n) is 14.1. The Bertz CT molecular complexity index is 655. The van der Waals surface area contributed by atoms with E-state index in [1.54, 1.807) is 19.4 Å². The van der Waals surface area contributed by atoms with Gasteiger partial charge in [-0.15, -0.1) is 0 Å². The second kappa shape index (κ2) is 7.95. The van der Waals surface area contributed by atoms with Crippen molar-refractivity contribution in [3.63, 3.8) is 0 Å². The quantitative estimate of drug-likeness (QED) is 0.844. The molecule has 1 aliphatic heterocycles. The van der Waals surface area contributed by atoms with E-state index in [0.29, 0.717) is 11.6 Å². The highest BCUT2D eigenvalue weighted by Crippen LogP contribution is 2.23. The first-order valence-electron chi connectivity index (χ1n) is 8.59. The van der Waals surface area contributed by atoms with Gasteiger partial charge >= 0.3 is 0 Å². The molecule has 1 aliphatic rings. The number of aromatic nitrogens is 1. The highest BCUT2D eigenvalue weighted by atomic mass is 16.5. The predicted octanol–water partition coefficient (Wildman–Crippen LogP) is 3.58. The van der Waals surface area contributed by atoms with Gasteiger partial charge in [0.15, 0.2) is 0 Å². The summed E-state index contributed by atoms with van der Waals surface area (Å²) in [5, 5.41) is 0. The number of nitrogens with zero attached hydrogens (tertiary/aromatic N) is 2. The summed E-state index contributed by atoms with van der Waals surface area (Å²) in [7, 11) is 1.68. The van der Waals surface area contributed by atoms with Crippen molar-refractivity contribution >= 4 is 5.91 Å². The zero-order chi connectivity index (χ0) is 16.8. The Balaban J connectivity index is 1.54. The van der Waals surface area contributed by atoms with Gasteiger partial charge in [0, 0.05) is 19.3 Å². The number of likely N-dealkylation sites (tertiary alicyclic amines) is 1. The molecule has 1 amide bonds. The number of rotatable bonds is 5. The Morgan fingerprint density at radius 2 is 2.08 bits per heavy atom. The fourth-order valence-corrected chi connectivity index (χ4v) is 3.30. The van der Waals surface area contributed by atoms with Crippen molar-refractivity contribution < 1.29 is 9.53 Å². The van der Waals surface area contributed by atoms with Crippen LogP contribution in [0.4, 0.5) is 0 Å². The van der Waals surface area contributed by atoms with Crippen LogP contribution >= 0.6 is 0 Å². The number of hydrogen-bond donors (Lipinski definition) is 0. The highest BCUT2D eigenvalue weighted by Gasteiger charge is 2.24. The van der Waals surface area contributed by atoms with Crippen LogP contribution in [-0.2, 0) is 6.42 Å². The summed E-state index contributed by atoms with van der Waals surface area (Å²) in [6.07, 6.45) is 6.10. The number of aryl methyl sites for hydroxylation is 1. The number of pyridine rings is 1. The van der Waals surface area contributed by atoms with E-state index in [9.17, 15) is 4.79 Å². The highest BCUT2D eigenvalue weighted by molar-refractivity contribution is 5.92. The number of carbonyl (C=O) groups is 1. The van der Waals surface area contributed by atoms with Crippen LogP contribution in [0.1, 0.15) is 35.3 Å². The van der Waals surface area contributed by atoms with Crippen LogP contribution in [0.3, 0.4) is 0 Å². The van der Waals surface area contributed by atoms with Gasteiger partial charge in [0.2, 0.25) is 0 Å². The largest absolute Gasteiger partial charge is 0.497 e. The summed E-state index contributed by atoms with van der Waals surface area (Å²) in [5.74, 6) is 1.52. The topological polar surface area (TPSA) is 42.4 Å². The lowest BCUT2D eigenvalue weighted by Gasteiger charge is -2.32. The molecule has 0 saturated carbocycles. The van der Waals surface area contributed by atoms with E-state index >= 15 is 0 Å². The standard InChI is InChI=1S/C20H24N2O2/c1-24-18-11-9-16(10-12-18)7-8-17-5-4-14-22(15-17)20(23)19-6-2-3-13-21-19/h2-3,6,9-13,17H,4-5,7-8,14-15H2,1H3/t17-/m0/s1. The molecular formula is C20H24N2O2. The first-order valence-corrected chi connectivity index (χ1v) is 8.59. The zero-order valence-corrected chi connectivity index (χ0v) is 14.1. The molecule has 0 spiro atoms. The molecule has 1 atom stereocenters. The molecule has 24 heavy (non-hydrogen) atoms. The molecule has 1 saturated heterocycles. The molecule has 0 unspecified atom stereocenters. The Hall–Kier alpha value is -2.36. The van der Waals surface area contributed by atoms with Gasteiger partial charge in [-0.3, -0.25) is 9.78 Å². The third-order valence-corrected chi connectivity index (χ3v) is 4.69. The summed E-state index contributed by atoms with van der Waals surface area (Å²) >= 11 is 0. The maximum Gasteiger partial charge on any atom is 0.272 e. The Labute approximate surface area is 143 Å². The first-order chi connectivity index (χ1) is 11.8. The van der Waals surface area contributed by atoms with E-state index in [1.165, 1.54) is 12.0 Å². The van der Waals surface area contributed by atoms with Gasteiger partial charge in [0.05, 0.1) is 7.11 Å². The van der Waals surface area contributed by atoms with Crippen LogP contribution in [0.25, 0.3) is 0 Å². The second-order valence-electron chi connectivity index (χ2n) is 6.36. The molecule has 1 aromatic carbocycles. The van der Waals surface area contributed by atoms with Gasteiger partial charge in [-0.1, -0.05) is 18.2 Å². The van der Waals surface area contributed by atoms with Gasteiger partial charge in [-0.05, 0) is 61.4 Å². The van der Waals surface area contributed by atoms with Crippen molar-refractivity contribution in [1.29, 1.82) is 0 Å². The molecule has 2 heterocycles. The third kappa shape index (κ3) is 4.13. The molecule has 1 fully saturated rings. The van der Waals surface area contributed by atoms with Crippen LogP contribution in [0.5, 0.6) is 5.75 Å². The molecule has 2 aromatic rings. The smallest absolute Gasteiger partial charge is 0.272 e. The molecule has 0 bridgehead atoms. The summed E-state index contributed by atoms with van der Waals surface area (Å²) < 4.78 is 5.20. The number of carbonyl (C=O) groups excluding carboxylic acids is 1. The number of methoxy groups -OCH3 is 1. The lowest BCUT2D eigenvalue weighted by molar-refractivity contribution is 0.0662. The molecule has 0 aliphatic carbocycles. The number of piperidine rings is 1. The van der Waals surface area contributed by atoms with E-state index in [0.717, 1.165) is 38.1 Å². The van der Waals surface area contributed by atoms with E-state index in [-0.39, 0.29) is 5.91 Å². The predicted molar refractivity (Wildman–Crippen MR) is 94.2 cm³/mol. The normalized spacial score (nSPS) is 17.5. The van der Waals surface area contributed by atoms with Crippen molar-refractivity contribution in [2.75, 3.05) is 20.2 Å².